The first-order chi connectivity index (χ1) is 2.00. The van der Waals surface area contributed by atoms with Crippen LogP contribution in [0.4, 0.5) is 0 Å². The zero-order chi connectivity index (χ0) is 4.50. The second-order valence-corrected chi connectivity index (χ2v) is 3.03. The van der Waals surface area contributed by atoms with Crippen molar-refractivity contribution in [2.75, 3.05) is 0 Å². The van der Waals surface area contributed by atoms with Gasteiger partial charge in [0.1, 0.15) is 0 Å². The summed E-state index contributed by atoms with van der Waals surface area (Å²) in [5, 5.41) is 0. The highest BCUT2D eigenvalue weighted by Gasteiger charge is 1.84. The van der Waals surface area contributed by atoms with Crippen molar-refractivity contribution in [3.63, 3.8) is 0 Å². The van der Waals surface area contributed by atoms with Gasteiger partial charge >= 0.3 is 0 Å². The Labute approximate surface area is 35.2 Å². The molecule has 0 rings (SSSR count). The maximum Gasteiger partial charge on any atom is 0.233 e. The molecule has 0 aliphatic rings. The third-order valence-electron chi connectivity index (χ3n) is 0. The molecule has 5 heavy (non-hydrogen) atoms. The van der Waals surface area contributed by atoms with E-state index in [0.29, 0.717) is 0 Å². The van der Waals surface area contributed by atoms with Gasteiger partial charge in [0.25, 0.3) is 0 Å². The summed E-state index contributed by atoms with van der Waals surface area (Å²) in [6, 6.07) is 0. The Morgan fingerprint density at radius 1 is 1.60 bits per heavy atom. The van der Waals surface area contributed by atoms with E-state index in [1.807, 2.05) is 0 Å². The van der Waals surface area contributed by atoms with Crippen LogP contribution in [0.5, 0.6) is 0 Å². The van der Waals surface area contributed by atoms with Crippen molar-refractivity contribution in [1.29, 1.82) is 0 Å². The molecule has 0 aromatic carbocycles. The summed E-state index contributed by atoms with van der Waals surface area (Å²) in [4.78, 5) is 0. The van der Waals surface area contributed by atoms with Crippen molar-refractivity contribution in [2.24, 2.45) is 0 Å². The van der Waals surface area contributed by atoms with Crippen molar-refractivity contribution in [3.05, 3.63) is 6.26 Å². The number of rotatable bonds is 0. The Kier molecular flexibility index (Phi) is 1.20. The van der Waals surface area contributed by atoms with Crippen LogP contribution in [-0.2, 0) is 9.05 Å². The Bertz CT molecular complexity index is 92.8. The molecule has 31 valence electrons. The number of halogens is 1. The molecular weight excluding hydrogens is 112 g/mol. The van der Waals surface area contributed by atoms with Gasteiger partial charge in [-0.05, 0) is 0 Å². The van der Waals surface area contributed by atoms with Gasteiger partial charge in [0.15, 0.2) is 0 Å². The summed E-state index contributed by atoms with van der Waals surface area (Å²) in [6.45, 7) is 0. The maximum absolute atomic E-state index is 9.29. The second-order valence-electron chi connectivity index (χ2n) is 0.539. The van der Waals surface area contributed by atoms with Gasteiger partial charge in [0.05, 0.1) is 6.26 Å². The van der Waals surface area contributed by atoms with Crippen molar-refractivity contribution in [1.82, 2.24) is 0 Å². The largest absolute Gasteiger partial charge is 0.233 e. The van der Waals surface area contributed by atoms with Gasteiger partial charge in [-0.2, -0.15) is 0 Å². The van der Waals surface area contributed by atoms with Crippen molar-refractivity contribution in [2.45, 2.75) is 0 Å². The quantitative estimate of drug-likeness (QED) is 0.425. The van der Waals surface area contributed by atoms with Crippen LogP contribution in [-0.4, -0.2) is 8.42 Å². The molecule has 0 spiro atoms. The molecule has 0 aromatic rings. The molecular formula is CH2ClO2S. The highest BCUT2D eigenvalue weighted by Crippen LogP contribution is 1.87. The summed E-state index contributed by atoms with van der Waals surface area (Å²) >= 11 is 0. The minimum Gasteiger partial charge on any atom is -0.212 e. The molecule has 0 saturated carbocycles. The Hall–Kier alpha value is 0.240. The lowest BCUT2D eigenvalue weighted by Crippen LogP contribution is -1.71. The van der Waals surface area contributed by atoms with Crippen LogP contribution in [0.3, 0.4) is 0 Å². The fraction of sp³-hybridized carbons (Fsp3) is 0. The van der Waals surface area contributed by atoms with Crippen LogP contribution in [0.15, 0.2) is 0 Å². The van der Waals surface area contributed by atoms with Crippen LogP contribution >= 0.6 is 10.7 Å². The average molecular weight is 114 g/mol. The normalized spacial score (nSPS) is 11.6. The van der Waals surface area contributed by atoms with Crippen LogP contribution in [0.25, 0.3) is 0 Å². The summed E-state index contributed by atoms with van der Waals surface area (Å²) < 4.78 is 18.6. The first-order valence-electron chi connectivity index (χ1n) is 0.776. The van der Waals surface area contributed by atoms with Crippen LogP contribution < -0.4 is 0 Å². The topological polar surface area (TPSA) is 34.1 Å². The number of hydrogen-bond acceptors (Lipinski definition) is 2. The van der Waals surface area contributed by atoms with Gasteiger partial charge in [0.2, 0.25) is 9.05 Å². The molecule has 0 unspecified atom stereocenters. The van der Waals surface area contributed by atoms with E-state index < -0.39 is 9.05 Å². The van der Waals surface area contributed by atoms with E-state index >= 15 is 0 Å². The molecule has 0 aliphatic heterocycles. The fourth-order valence-corrected chi connectivity index (χ4v) is 0. The molecule has 0 saturated heterocycles. The molecule has 0 heterocycles. The molecule has 0 N–H and O–H groups in total. The lowest BCUT2D eigenvalue weighted by Gasteiger charge is -1.64. The van der Waals surface area contributed by atoms with Gasteiger partial charge in [-0.1, -0.05) is 0 Å². The van der Waals surface area contributed by atoms with Crippen molar-refractivity contribution in [3.8, 4) is 0 Å². The Balaban J connectivity index is 4.06. The smallest absolute Gasteiger partial charge is 0.212 e. The Morgan fingerprint density at radius 3 is 1.60 bits per heavy atom. The van der Waals surface area contributed by atoms with Crippen LogP contribution in [0, 0.1) is 6.26 Å². The standard InChI is InChI=1S/CH2ClO2S/c1-5(2,3)4/h1H2. The summed E-state index contributed by atoms with van der Waals surface area (Å²) in [5.74, 6) is 0. The minimum atomic E-state index is -3.44. The molecule has 0 aliphatic carbocycles. The predicted molar refractivity (Wildman–Crippen MR) is 20.1 cm³/mol. The SMILES string of the molecule is [CH2]S(=O)(=O)Cl. The molecule has 1 radical (unpaired) electrons. The highest BCUT2D eigenvalue weighted by atomic mass is 35.7. The van der Waals surface area contributed by atoms with Gasteiger partial charge in [-0.25, -0.2) is 8.42 Å². The third-order valence-corrected chi connectivity index (χ3v) is 0. The lowest BCUT2D eigenvalue weighted by molar-refractivity contribution is 0.617. The molecule has 2 nitrogen and oxygen atoms in total. The monoisotopic (exact) mass is 113 g/mol. The molecule has 0 amide bonds. The molecule has 4 heteroatoms. The highest BCUT2D eigenvalue weighted by molar-refractivity contribution is 8.14. The van der Waals surface area contributed by atoms with Gasteiger partial charge in [-0.15, -0.1) is 0 Å². The van der Waals surface area contributed by atoms with Gasteiger partial charge in [0, 0.05) is 10.7 Å². The van der Waals surface area contributed by atoms with Crippen molar-refractivity contribution >= 4 is 19.7 Å². The van der Waals surface area contributed by atoms with Gasteiger partial charge < -0.3 is 0 Å². The minimum absolute atomic E-state index is 2.51. The van der Waals surface area contributed by atoms with Crippen molar-refractivity contribution < 1.29 is 8.42 Å². The van der Waals surface area contributed by atoms with E-state index in [9.17, 15) is 8.42 Å². The van der Waals surface area contributed by atoms with Crippen LogP contribution in [0.1, 0.15) is 0 Å². The molecule has 0 atom stereocenters. The Morgan fingerprint density at radius 2 is 1.60 bits per heavy atom. The number of hydrogen-bond donors (Lipinski definition) is 0. The van der Waals surface area contributed by atoms with E-state index in [1.165, 1.54) is 0 Å². The average Bonchev–Trinajstić information content (AvgIpc) is 0.722. The summed E-state index contributed by atoms with van der Waals surface area (Å²) in [6.07, 6.45) is 2.51. The van der Waals surface area contributed by atoms with Crippen LogP contribution in [0.2, 0.25) is 0 Å². The predicted octanol–water partition coefficient (Wildman–Crippen LogP) is 0.347. The molecule has 0 aromatic heterocycles. The molecule has 0 bridgehead atoms. The van der Waals surface area contributed by atoms with E-state index in [0.717, 1.165) is 0 Å². The van der Waals surface area contributed by atoms with E-state index in [2.05, 4.69) is 16.9 Å². The second kappa shape index (κ2) is 1.14. The van der Waals surface area contributed by atoms with E-state index in [1.54, 1.807) is 0 Å². The first kappa shape index (κ1) is 5.24. The maximum atomic E-state index is 9.29. The summed E-state index contributed by atoms with van der Waals surface area (Å²) in [5.41, 5.74) is 0. The fourth-order valence-electron chi connectivity index (χ4n) is 0. The zero-order valence-electron chi connectivity index (χ0n) is 2.31. The zero-order valence-corrected chi connectivity index (χ0v) is 3.88. The summed E-state index contributed by atoms with van der Waals surface area (Å²) in [7, 11) is 0.947. The van der Waals surface area contributed by atoms with E-state index in [-0.39, 0.29) is 0 Å². The first-order valence-corrected chi connectivity index (χ1v) is 3.25. The lowest BCUT2D eigenvalue weighted by atomic mass is 12.0. The van der Waals surface area contributed by atoms with E-state index in [4.69, 9.17) is 0 Å². The molecule has 0 fully saturated rings. The van der Waals surface area contributed by atoms with Gasteiger partial charge in [-0.3, -0.25) is 0 Å². The third kappa shape index (κ3) is 369.